The SMILES string of the molecule is C=CC(=O)OCCCCCCCC1CCC(c2cccc(F)c2F)CC1. The number of benzene rings is 1. The lowest BCUT2D eigenvalue weighted by Crippen LogP contribution is -2.14. The lowest BCUT2D eigenvalue weighted by molar-refractivity contribution is -0.137. The van der Waals surface area contributed by atoms with Gasteiger partial charge in [0.1, 0.15) is 0 Å². The van der Waals surface area contributed by atoms with Crippen molar-refractivity contribution in [2.24, 2.45) is 5.92 Å². The average Bonchev–Trinajstić information content (AvgIpc) is 2.66. The molecule has 0 amide bonds. The van der Waals surface area contributed by atoms with Crippen molar-refractivity contribution in [1.82, 2.24) is 0 Å². The summed E-state index contributed by atoms with van der Waals surface area (Å²) in [7, 11) is 0. The summed E-state index contributed by atoms with van der Waals surface area (Å²) < 4.78 is 32.2. The molecule has 144 valence electrons. The molecule has 0 saturated heterocycles. The third-order valence-electron chi connectivity index (χ3n) is 5.44. The quantitative estimate of drug-likeness (QED) is 0.276. The summed E-state index contributed by atoms with van der Waals surface area (Å²) in [5, 5.41) is 0. The van der Waals surface area contributed by atoms with Crippen molar-refractivity contribution >= 4 is 5.97 Å². The highest BCUT2D eigenvalue weighted by molar-refractivity contribution is 5.81. The van der Waals surface area contributed by atoms with Gasteiger partial charge in [0, 0.05) is 6.08 Å². The lowest BCUT2D eigenvalue weighted by Gasteiger charge is -2.29. The Morgan fingerprint density at radius 1 is 1.08 bits per heavy atom. The number of ether oxygens (including phenoxy) is 1. The molecule has 0 spiro atoms. The molecule has 0 N–H and O–H groups in total. The Balaban J connectivity index is 1.55. The van der Waals surface area contributed by atoms with Crippen LogP contribution < -0.4 is 0 Å². The molecule has 1 aromatic carbocycles. The van der Waals surface area contributed by atoms with E-state index in [1.165, 1.54) is 31.4 Å². The van der Waals surface area contributed by atoms with Gasteiger partial charge in [-0.1, -0.05) is 50.8 Å². The summed E-state index contributed by atoms with van der Waals surface area (Å²) in [6.07, 6.45) is 12.1. The Bertz CT molecular complexity index is 578. The highest BCUT2D eigenvalue weighted by Crippen LogP contribution is 2.38. The van der Waals surface area contributed by atoms with Gasteiger partial charge >= 0.3 is 5.97 Å². The second-order valence-electron chi connectivity index (χ2n) is 7.29. The molecule has 1 fully saturated rings. The zero-order valence-corrected chi connectivity index (χ0v) is 15.5. The first-order chi connectivity index (χ1) is 12.6. The number of carbonyl (C=O) groups excluding carboxylic acids is 1. The van der Waals surface area contributed by atoms with Gasteiger partial charge in [-0.15, -0.1) is 0 Å². The van der Waals surface area contributed by atoms with Gasteiger partial charge in [0.05, 0.1) is 6.61 Å². The fourth-order valence-electron chi connectivity index (χ4n) is 3.89. The van der Waals surface area contributed by atoms with Crippen LogP contribution in [0.4, 0.5) is 8.78 Å². The largest absolute Gasteiger partial charge is 0.463 e. The topological polar surface area (TPSA) is 26.3 Å². The van der Waals surface area contributed by atoms with E-state index in [0.29, 0.717) is 12.2 Å². The second kappa shape index (κ2) is 11.1. The number of hydrogen-bond donors (Lipinski definition) is 0. The maximum atomic E-state index is 13.9. The highest BCUT2D eigenvalue weighted by Gasteiger charge is 2.24. The van der Waals surface area contributed by atoms with E-state index in [-0.39, 0.29) is 11.9 Å². The summed E-state index contributed by atoms with van der Waals surface area (Å²) in [5.41, 5.74) is 0.556. The van der Waals surface area contributed by atoms with Crippen LogP contribution >= 0.6 is 0 Å². The minimum Gasteiger partial charge on any atom is -0.463 e. The molecule has 2 rings (SSSR count). The summed E-state index contributed by atoms with van der Waals surface area (Å²) in [4.78, 5) is 10.9. The summed E-state index contributed by atoms with van der Waals surface area (Å²) in [6.45, 7) is 3.84. The number of halogens is 2. The van der Waals surface area contributed by atoms with Crippen LogP contribution in [0.15, 0.2) is 30.9 Å². The standard InChI is InChI=1S/C22H30F2O2/c1-2-21(25)26-16-7-5-3-4-6-9-17-12-14-18(15-13-17)19-10-8-11-20(23)22(19)24/h2,8,10-11,17-18H,1,3-7,9,12-16H2. The van der Waals surface area contributed by atoms with Gasteiger partial charge in [-0.3, -0.25) is 0 Å². The molecule has 0 heterocycles. The van der Waals surface area contributed by atoms with Crippen LogP contribution in [0.25, 0.3) is 0 Å². The number of rotatable bonds is 10. The third-order valence-corrected chi connectivity index (χ3v) is 5.44. The predicted octanol–water partition coefficient (Wildman–Crippen LogP) is 6.31. The smallest absolute Gasteiger partial charge is 0.330 e. The van der Waals surface area contributed by atoms with Crippen molar-refractivity contribution in [3.05, 3.63) is 48.1 Å². The molecule has 4 heteroatoms. The molecule has 1 aromatic rings. The fraction of sp³-hybridized carbons (Fsp3) is 0.591. The molecule has 26 heavy (non-hydrogen) atoms. The minimum atomic E-state index is -0.733. The molecule has 0 bridgehead atoms. The van der Waals surface area contributed by atoms with Crippen molar-refractivity contribution in [3.8, 4) is 0 Å². The molecule has 1 aliphatic rings. The summed E-state index contributed by atoms with van der Waals surface area (Å²) in [6, 6.07) is 4.53. The summed E-state index contributed by atoms with van der Waals surface area (Å²) in [5.74, 6) is -0.853. The number of esters is 1. The first-order valence-corrected chi connectivity index (χ1v) is 9.85. The number of hydrogen-bond acceptors (Lipinski definition) is 2. The first-order valence-electron chi connectivity index (χ1n) is 9.85. The van der Waals surface area contributed by atoms with E-state index in [4.69, 9.17) is 4.74 Å². The molecule has 0 radical (unpaired) electrons. The van der Waals surface area contributed by atoms with Gasteiger partial charge in [-0.05, 0) is 55.6 Å². The van der Waals surface area contributed by atoms with Crippen molar-refractivity contribution in [1.29, 1.82) is 0 Å². The first kappa shape index (κ1) is 20.6. The van der Waals surface area contributed by atoms with E-state index >= 15 is 0 Å². The molecule has 1 aliphatic carbocycles. The van der Waals surface area contributed by atoms with Crippen molar-refractivity contribution in [3.63, 3.8) is 0 Å². The normalized spacial score (nSPS) is 19.9. The molecule has 0 unspecified atom stereocenters. The molecular formula is C22H30F2O2. The van der Waals surface area contributed by atoms with Gasteiger partial charge in [0.15, 0.2) is 11.6 Å². The van der Waals surface area contributed by atoms with E-state index in [1.54, 1.807) is 12.1 Å². The summed E-state index contributed by atoms with van der Waals surface area (Å²) >= 11 is 0. The van der Waals surface area contributed by atoms with Gasteiger partial charge in [-0.2, -0.15) is 0 Å². The number of carbonyl (C=O) groups is 1. The lowest BCUT2D eigenvalue weighted by atomic mass is 9.77. The molecular weight excluding hydrogens is 334 g/mol. The van der Waals surface area contributed by atoms with Crippen molar-refractivity contribution in [2.45, 2.75) is 70.1 Å². The van der Waals surface area contributed by atoms with E-state index < -0.39 is 11.6 Å². The van der Waals surface area contributed by atoms with Crippen LogP contribution in [0.5, 0.6) is 0 Å². The number of unbranched alkanes of at least 4 members (excludes halogenated alkanes) is 4. The third kappa shape index (κ3) is 6.54. The monoisotopic (exact) mass is 364 g/mol. The zero-order valence-electron chi connectivity index (χ0n) is 15.5. The zero-order chi connectivity index (χ0) is 18.8. The molecule has 2 nitrogen and oxygen atoms in total. The second-order valence-corrected chi connectivity index (χ2v) is 7.29. The van der Waals surface area contributed by atoms with Crippen molar-refractivity contribution in [2.75, 3.05) is 6.61 Å². The van der Waals surface area contributed by atoms with E-state index in [0.717, 1.165) is 50.9 Å². The van der Waals surface area contributed by atoms with Crippen LogP contribution in [-0.2, 0) is 9.53 Å². The van der Waals surface area contributed by atoms with Crippen LogP contribution in [-0.4, -0.2) is 12.6 Å². The van der Waals surface area contributed by atoms with Crippen molar-refractivity contribution < 1.29 is 18.3 Å². The Hall–Kier alpha value is -1.71. The molecule has 0 atom stereocenters. The maximum Gasteiger partial charge on any atom is 0.330 e. The van der Waals surface area contributed by atoms with Crippen LogP contribution in [0, 0.1) is 17.6 Å². The molecule has 0 aromatic heterocycles. The van der Waals surface area contributed by atoms with Crippen LogP contribution in [0.2, 0.25) is 0 Å². The minimum absolute atomic E-state index is 0.167. The van der Waals surface area contributed by atoms with Gasteiger partial charge in [0.2, 0.25) is 0 Å². The molecule has 1 saturated carbocycles. The Morgan fingerprint density at radius 3 is 2.50 bits per heavy atom. The van der Waals surface area contributed by atoms with Crippen LogP contribution in [0.1, 0.15) is 75.7 Å². The van der Waals surface area contributed by atoms with Gasteiger partial charge in [-0.25, -0.2) is 13.6 Å². The molecule has 0 aliphatic heterocycles. The van der Waals surface area contributed by atoms with Gasteiger partial charge in [0.25, 0.3) is 0 Å². The van der Waals surface area contributed by atoms with E-state index in [2.05, 4.69) is 6.58 Å². The maximum absolute atomic E-state index is 13.9. The fourth-order valence-corrected chi connectivity index (χ4v) is 3.89. The average molecular weight is 364 g/mol. The van der Waals surface area contributed by atoms with E-state index in [9.17, 15) is 13.6 Å². The van der Waals surface area contributed by atoms with Gasteiger partial charge < -0.3 is 4.74 Å². The Kier molecular flexibility index (Phi) is 8.79. The Morgan fingerprint density at radius 2 is 1.77 bits per heavy atom. The highest BCUT2D eigenvalue weighted by atomic mass is 19.2. The Labute approximate surface area is 155 Å². The predicted molar refractivity (Wildman–Crippen MR) is 99.9 cm³/mol. The van der Waals surface area contributed by atoms with E-state index in [1.807, 2.05) is 0 Å². The van der Waals surface area contributed by atoms with Crippen LogP contribution in [0.3, 0.4) is 0 Å².